The van der Waals surface area contributed by atoms with Crippen LogP contribution < -0.4 is 10.5 Å². The molecule has 0 aromatic heterocycles. The molecule has 2 nitrogen and oxygen atoms in total. The number of nitrogens with two attached hydrogens (primary N) is 1. The van der Waals surface area contributed by atoms with Crippen LogP contribution >= 0.6 is 39.1 Å². The van der Waals surface area contributed by atoms with Gasteiger partial charge in [0.2, 0.25) is 0 Å². The van der Waals surface area contributed by atoms with Gasteiger partial charge in [0.25, 0.3) is 0 Å². The van der Waals surface area contributed by atoms with Crippen molar-refractivity contribution in [1.29, 1.82) is 0 Å². The second-order valence-electron chi connectivity index (χ2n) is 3.36. The zero-order valence-electron chi connectivity index (χ0n) is 8.58. The van der Waals surface area contributed by atoms with E-state index in [-0.39, 0.29) is 0 Å². The van der Waals surface area contributed by atoms with Gasteiger partial charge in [0.1, 0.15) is 11.5 Å². The maximum atomic E-state index is 6.04. The molecule has 17 heavy (non-hydrogen) atoms. The van der Waals surface area contributed by atoms with Crippen LogP contribution in [0.25, 0.3) is 0 Å². The predicted molar refractivity (Wildman–Crippen MR) is 75.1 cm³/mol. The first-order valence-electron chi connectivity index (χ1n) is 4.74. The molecule has 0 heterocycles. The fourth-order valence-corrected chi connectivity index (χ4v) is 2.18. The Hall–Kier alpha value is -0.900. The van der Waals surface area contributed by atoms with E-state index in [9.17, 15) is 0 Å². The van der Waals surface area contributed by atoms with Crippen LogP contribution in [0.15, 0.2) is 40.9 Å². The second-order valence-corrected chi connectivity index (χ2v) is 5.12. The highest BCUT2D eigenvalue weighted by atomic mass is 79.9. The van der Waals surface area contributed by atoms with Gasteiger partial charge in [-0.1, -0.05) is 39.1 Å². The van der Waals surface area contributed by atoms with Crippen LogP contribution in [0.1, 0.15) is 0 Å². The van der Waals surface area contributed by atoms with Crippen LogP contribution in [-0.4, -0.2) is 0 Å². The number of hydrogen-bond acceptors (Lipinski definition) is 2. The Kier molecular flexibility index (Phi) is 3.82. The molecular formula is C12H8BrCl2NO. The summed E-state index contributed by atoms with van der Waals surface area (Å²) in [6.45, 7) is 0. The van der Waals surface area contributed by atoms with Crippen molar-refractivity contribution < 1.29 is 4.74 Å². The average Bonchev–Trinajstić information content (AvgIpc) is 2.25. The predicted octanol–water partition coefficient (Wildman–Crippen LogP) is 5.13. The third-order valence-corrected chi connectivity index (χ3v) is 3.11. The normalized spacial score (nSPS) is 10.3. The van der Waals surface area contributed by atoms with E-state index in [4.69, 9.17) is 33.7 Å². The molecule has 0 unspecified atom stereocenters. The molecule has 2 N–H and O–H groups in total. The highest BCUT2D eigenvalue weighted by molar-refractivity contribution is 9.10. The second kappa shape index (κ2) is 5.17. The number of nitrogen functional groups attached to an aromatic ring is 1. The van der Waals surface area contributed by atoms with Crippen LogP contribution in [0.5, 0.6) is 11.5 Å². The Bertz CT molecular complexity index is 511. The van der Waals surface area contributed by atoms with Gasteiger partial charge in [-0.2, -0.15) is 0 Å². The molecule has 5 heteroatoms. The number of anilines is 1. The third kappa shape index (κ3) is 3.06. The Morgan fingerprint density at radius 3 is 2.35 bits per heavy atom. The van der Waals surface area contributed by atoms with Crippen molar-refractivity contribution in [1.82, 2.24) is 0 Å². The van der Waals surface area contributed by atoms with E-state index in [0.717, 1.165) is 4.47 Å². The summed E-state index contributed by atoms with van der Waals surface area (Å²) < 4.78 is 6.50. The molecule has 0 fully saturated rings. The monoisotopic (exact) mass is 331 g/mol. The maximum Gasteiger partial charge on any atom is 0.150 e. The van der Waals surface area contributed by atoms with Crippen LogP contribution in [0.2, 0.25) is 10.0 Å². The Morgan fingerprint density at radius 1 is 1.00 bits per heavy atom. The standard InChI is InChI=1S/C12H8BrCl2NO/c13-7-1-3-11(9(15)5-7)17-12-4-2-8(14)6-10(12)16/h1-6H,16H2. The first-order valence-corrected chi connectivity index (χ1v) is 6.29. The number of halogens is 3. The molecule has 0 aliphatic carbocycles. The van der Waals surface area contributed by atoms with Crippen molar-refractivity contribution in [3.63, 3.8) is 0 Å². The number of benzene rings is 2. The lowest BCUT2D eigenvalue weighted by Crippen LogP contribution is -1.92. The topological polar surface area (TPSA) is 35.2 Å². The highest BCUT2D eigenvalue weighted by Crippen LogP contribution is 2.34. The SMILES string of the molecule is Nc1cc(Cl)ccc1Oc1ccc(Br)cc1Cl. The molecule has 2 aromatic carbocycles. The highest BCUT2D eigenvalue weighted by Gasteiger charge is 2.06. The zero-order chi connectivity index (χ0) is 12.4. The lowest BCUT2D eigenvalue weighted by atomic mass is 10.3. The molecule has 0 amide bonds. The van der Waals surface area contributed by atoms with Crippen LogP contribution in [0, 0.1) is 0 Å². The van der Waals surface area contributed by atoms with E-state index in [2.05, 4.69) is 15.9 Å². The molecule has 0 aliphatic heterocycles. The molecular weight excluding hydrogens is 325 g/mol. The van der Waals surface area contributed by atoms with Gasteiger partial charge >= 0.3 is 0 Å². The summed E-state index contributed by atoms with van der Waals surface area (Å²) in [7, 11) is 0. The minimum absolute atomic E-state index is 0.469. The van der Waals surface area contributed by atoms with E-state index in [1.165, 1.54) is 0 Å². The van der Waals surface area contributed by atoms with Gasteiger partial charge in [-0.05, 0) is 36.4 Å². The number of hydrogen-bond donors (Lipinski definition) is 1. The largest absolute Gasteiger partial charge is 0.454 e. The molecule has 0 radical (unpaired) electrons. The molecule has 0 bridgehead atoms. The van der Waals surface area contributed by atoms with E-state index in [1.807, 2.05) is 6.07 Å². The van der Waals surface area contributed by atoms with Crippen LogP contribution in [0.4, 0.5) is 5.69 Å². The van der Waals surface area contributed by atoms with E-state index in [0.29, 0.717) is 27.2 Å². The van der Waals surface area contributed by atoms with Gasteiger partial charge in [0.05, 0.1) is 10.7 Å². The Balaban J connectivity index is 2.31. The van der Waals surface area contributed by atoms with Gasteiger partial charge in [-0.25, -0.2) is 0 Å². The Labute approximate surface area is 117 Å². The van der Waals surface area contributed by atoms with Gasteiger partial charge in [0.15, 0.2) is 0 Å². The van der Waals surface area contributed by atoms with Gasteiger partial charge < -0.3 is 10.5 Å². The van der Waals surface area contributed by atoms with Crippen molar-refractivity contribution in [2.75, 3.05) is 5.73 Å². The first kappa shape index (κ1) is 12.6. The summed E-state index contributed by atoms with van der Waals surface area (Å²) in [6.07, 6.45) is 0. The van der Waals surface area contributed by atoms with Gasteiger partial charge in [0, 0.05) is 9.50 Å². The fourth-order valence-electron chi connectivity index (χ4n) is 1.29. The van der Waals surface area contributed by atoms with E-state index >= 15 is 0 Å². The van der Waals surface area contributed by atoms with Crippen LogP contribution in [0.3, 0.4) is 0 Å². The summed E-state index contributed by atoms with van der Waals surface area (Å²) in [4.78, 5) is 0. The molecule has 2 aromatic rings. The molecule has 88 valence electrons. The van der Waals surface area contributed by atoms with Crippen molar-refractivity contribution in [3.8, 4) is 11.5 Å². The number of rotatable bonds is 2. The molecule has 0 saturated carbocycles. The quantitative estimate of drug-likeness (QED) is 0.773. The summed E-state index contributed by atoms with van der Waals surface area (Å²) >= 11 is 15.2. The van der Waals surface area contributed by atoms with Crippen LogP contribution in [-0.2, 0) is 0 Å². The van der Waals surface area contributed by atoms with Crippen molar-refractivity contribution in [2.45, 2.75) is 0 Å². The first-order chi connectivity index (χ1) is 8.06. The third-order valence-electron chi connectivity index (χ3n) is 2.09. The maximum absolute atomic E-state index is 6.04. The van der Waals surface area contributed by atoms with Crippen molar-refractivity contribution in [2.24, 2.45) is 0 Å². The minimum Gasteiger partial charge on any atom is -0.454 e. The minimum atomic E-state index is 0.469. The Morgan fingerprint density at radius 2 is 1.71 bits per heavy atom. The average molecular weight is 333 g/mol. The van der Waals surface area contributed by atoms with Gasteiger partial charge in [-0.3, -0.25) is 0 Å². The summed E-state index contributed by atoms with van der Waals surface area (Å²) in [5.74, 6) is 1.07. The lowest BCUT2D eigenvalue weighted by Gasteiger charge is -2.10. The van der Waals surface area contributed by atoms with Crippen molar-refractivity contribution in [3.05, 3.63) is 50.9 Å². The smallest absolute Gasteiger partial charge is 0.150 e. The summed E-state index contributed by atoms with van der Waals surface area (Å²) in [5, 5.41) is 1.07. The summed E-state index contributed by atoms with van der Waals surface area (Å²) in [5.41, 5.74) is 6.26. The lowest BCUT2D eigenvalue weighted by molar-refractivity contribution is 0.485. The van der Waals surface area contributed by atoms with E-state index < -0.39 is 0 Å². The molecule has 0 saturated heterocycles. The van der Waals surface area contributed by atoms with Gasteiger partial charge in [-0.15, -0.1) is 0 Å². The molecule has 0 aliphatic rings. The zero-order valence-corrected chi connectivity index (χ0v) is 11.7. The fraction of sp³-hybridized carbons (Fsp3) is 0. The molecule has 0 atom stereocenters. The van der Waals surface area contributed by atoms with E-state index in [1.54, 1.807) is 30.3 Å². The molecule has 0 spiro atoms. The molecule has 2 rings (SSSR count). The van der Waals surface area contributed by atoms with Crippen molar-refractivity contribution >= 4 is 44.8 Å². The number of ether oxygens (including phenoxy) is 1. The summed E-state index contributed by atoms with van der Waals surface area (Å²) in [6, 6.07) is 10.4.